The molecule has 0 radical (unpaired) electrons. The summed E-state index contributed by atoms with van der Waals surface area (Å²) in [4.78, 5) is 28.9. The third kappa shape index (κ3) is 3.13. The molecule has 1 amide bonds. The highest BCUT2D eigenvalue weighted by Gasteiger charge is 2.25. The second-order valence-electron chi connectivity index (χ2n) is 6.58. The molecule has 1 atom stereocenters. The van der Waals surface area contributed by atoms with E-state index in [2.05, 4.69) is 25.4 Å². The van der Waals surface area contributed by atoms with Gasteiger partial charge in [0.05, 0.1) is 12.6 Å². The molecule has 0 aliphatic carbocycles. The Labute approximate surface area is 146 Å². The molecule has 0 spiro atoms. The van der Waals surface area contributed by atoms with E-state index in [1.807, 2.05) is 29.6 Å². The number of nitrogens with one attached hydrogen (secondary N) is 1. The Morgan fingerprint density at radius 2 is 2.12 bits per heavy atom. The third-order valence-corrected chi connectivity index (χ3v) is 4.74. The van der Waals surface area contributed by atoms with Crippen molar-refractivity contribution in [1.82, 2.24) is 29.6 Å². The van der Waals surface area contributed by atoms with Crippen LogP contribution in [0.3, 0.4) is 0 Å². The van der Waals surface area contributed by atoms with E-state index < -0.39 is 0 Å². The predicted molar refractivity (Wildman–Crippen MR) is 92.2 cm³/mol. The molecule has 0 saturated carbocycles. The van der Waals surface area contributed by atoms with Crippen LogP contribution in [0.2, 0.25) is 0 Å². The van der Waals surface area contributed by atoms with Gasteiger partial charge in [-0.1, -0.05) is 0 Å². The van der Waals surface area contributed by atoms with Crippen molar-refractivity contribution in [1.29, 1.82) is 0 Å². The van der Waals surface area contributed by atoms with Crippen molar-refractivity contribution in [2.24, 2.45) is 0 Å². The maximum atomic E-state index is 11.9. The molecular weight excluding hydrogens is 320 g/mol. The zero-order chi connectivity index (χ0) is 17.4. The Balaban J connectivity index is 1.52. The van der Waals surface area contributed by atoms with Gasteiger partial charge in [0.2, 0.25) is 5.91 Å². The quantitative estimate of drug-likeness (QED) is 0.873. The number of rotatable bonds is 3. The first-order valence-corrected chi connectivity index (χ1v) is 8.59. The van der Waals surface area contributed by atoms with E-state index in [1.165, 1.54) is 0 Å². The average Bonchev–Trinajstić information content (AvgIpc) is 2.99. The van der Waals surface area contributed by atoms with Crippen LogP contribution in [0, 0.1) is 6.92 Å². The van der Waals surface area contributed by atoms with E-state index in [9.17, 15) is 4.79 Å². The molecule has 4 rings (SSSR count). The van der Waals surface area contributed by atoms with Gasteiger partial charge in [-0.2, -0.15) is 5.10 Å². The summed E-state index contributed by atoms with van der Waals surface area (Å²) in [6.45, 7) is 4.65. The lowest BCUT2D eigenvalue weighted by molar-refractivity contribution is -0.129. The molecule has 9 nitrogen and oxygen atoms in total. The van der Waals surface area contributed by atoms with Crippen LogP contribution in [0.1, 0.15) is 30.5 Å². The van der Waals surface area contributed by atoms with Gasteiger partial charge in [0, 0.05) is 32.7 Å². The fourth-order valence-corrected chi connectivity index (χ4v) is 3.34. The van der Waals surface area contributed by atoms with Gasteiger partial charge in [-0.25, -0.2) is 19.6 Å². The number of aromatic nitrogens is 5. The smallest absolute Gasteiger partial charge is 0.241 e. The van der Waals surface area contributed by atoms with E-state index >= 15 is 0 Å². The van der Waals surface area contributed by atoms with Crippen molar-refractivity contribution in [2.75, 3.05) is 36.9 Å². The van der Waals surface area contributed by atoms with E-state index in [1.54, 1.807) is 11.2 Å². The van der Waals surface area contributed by atoms with Gasteiger partial charge in [-0.05, 0) is 19.8 Å². The fourth-order valence-electron chi connectivity index (χ4n) is 3.34. The van der Waals surface area contributed by atoms with Crippen LogP contribution in [0.15, 0.2) is 12.4 Å². The summed E-state index contributed by atoms with van der Waals surface area (Å²) in [6, 6.07) is 1.99. The van der Waals surface area contributed by atoms with Crippen molar-refractivity contribution in [2.45, 2.75) is 32.4 Å². The van der Waals surface area contributed by atoms with Crippen LogP contribution < -0.4 is 10.2 Å². The monoisotopic (exact) mass is 342 g/mol. The SMILES string of the molecule is Cc1nc2n(n1)CCCC2Nc1cc(N2CCN(C)C(=O)C2)ncn1. The summed E-state index contributed by atoms with van der Waals surface area (Å²) in [6.07, 6.45) is 3.59. The standard InChI is InChI=1S/C16H22N8O/c1-11-19-16-12(4-3-5-24(16)21-11)20-13-8-14(18-10-17-13)23-7-6-22(2)15(25)9-23/h8,10,12H,3-7,9H2,1-2H3,(H,17,18,20). The highest BCUT2D eigenvalue weighted by Crippen LogP contribution is 2.27. The molecule has 2 aromatic rings. The summed E-state index contributed by atoms with van der Waals surface area (Å²) in [7, 11) is 1.83. The summed E-state index contributed by atoms with van der Waals surface area (Å²) < 4.78 is 1.97. The minimum Gasteiger partial charge on any atom is -0.360 e. The van der Waals surface area contributed by atoms with E-state index in [0.29, 0.717) is 13.1 Å². The molecule has 1 fully saturated rings. The molecule has 1 N–H and O–H groups in total. The number of amides is 1. The minimum absolute atomic E-state index is 0.0896. The topological polar surface area (TPSA) is 92.1 Å². The zero-order valence-electron chi connectivity index (χ0n) is 14.5. The summed E-state index contributed by atoms with van der Waals surface area (Å²) in [5.41, 5.74) is 0. The van der Waals surface area contributed by atoms with Gasteiger partial charge in [-0.3, -0.25) is 4.79 Å². The largest absolute Gasteiger partial charge is 0.360 e. The Morgan fingerprint density at radius 3 is 2.96 bits per heavy atom. The van der Waals surface area contributed by atoms with Gasteiger partial charge >= 0.3 is 0 Å². The molecule has 4 heterocycles. The normalized spacial score (nSPS) is 20.6. The van der Waals surface area contributed by atoms with Crippen molar-refractivity contribution in [3.05, 3.63) is 24.0 Å². The van der Waals surface area contributed by atoms with Crippen LogP contribution >= 0.6 is 0 Å². The van der Waals surface area contributed by atoms with Crippen molar-refractivity contribution in [3.63, 3.8) is 0 Å². The average molecular weight is 342 g/mol. The summed E-state index contributed by atoms with van der Waals surface area (Å²) in [5.74, 6) is 3.37. The van der Waals surface area contributed by atoms with Crippen LogP contribution in [0.4, 0.5) is 11.6 Å². The number of carbonyl (C=O) groups is 1. The molecule has 9 heteroatoms. The number of hydrogen-bond acceptors (Lipinski definition) is 7. The van der Waals surface area contributed by atoms with E-state index in [0.717, 1.165) is 49.2 Å². The van der Waals surface area contributed by atoms with Crippen LogP contribution in [0.5, 0.6) is 0 Å². The van der Waals surface area contributed by atoms with E-state index in [-0.39, 0.29) is 11.9 Å². The predicted octanol–water partition coefficient (Wildman–Crippen LogP) is 0.602. The Hall–Kier alpha value is -2.71. The molecule has 0 aromatic carbocycles. The Morgan fingerprint density at radius 1 is 1.24 bits per heavy atom. The highest BCUT2D eigenvalue weighted by atomic mass is 16.2. The second-order valence-corrected chi connectivity index (χ2v) is 6.58. The maximum Gasteiger partial charge on any atom is 0.241 e. The lowest BCUT2D eigenvalue weighted by Crippen LogP contribution is -2.48. The van der Waals surface area contributed by atoms with Crippen LogP contribution in [-0.2, 0) is 11.3 Å². The molecule has 1 unspecified atom stereocenters. The number of piperazine rings is 1. The second kappa shape index (κ2) is 6.30. The molecule has 132 valence electrons. The zero-order valence-corrected chi connectivity index (χ0v) is 14.5. The number of anilines is 2. The van der Waals surface area contributed by atoms with Crippen LogP contribution in [-0.4, -0.2) is 62.2 Å². The first-order valence-electron chi connectivity index (χ1n) is 8.59. The third-order valence-electron chi connectivity index (χ3n) is 4.74. The van der Waals surface area contributed by atoms with Gasteiger partial charge in [0.15, 0.2) is 0 Å². The lowest BCUT2D eigenvalue weighted by atomic mass is 10.1. The van der Waals surface area contributed by atoms with Gasteiger partial charge in [0.25, 0.3) is 0 Å². The van der Waals surface area contributed by atoms with Gasteiger partial charge < -0.3 is 15.1 Å². The Kier molecular flexibility index (Phi) is 3.98. The van der Waals surface area contributed by atoms with Crippen molar-refractivity contribution >= 4 is 17.5 Å². The van der Waals surface area contributed by atoms with Crippen LogP contribution in [0.25, 0.3) is 0 Å². The number of hydrogen-bond donors (Lipinski definition) is 1. The van der Waals surface area contributed by atoms with Crippen molar-refractivity contribution in [3.8, 4) is 0 Å². The fraction of sp³-hybridized carbons (Fsp3) is 0.562. The molecule has 2 aliphatic heterocycles. The number of aryl methyl sites for hydroxylation is 2. The number of fused-ring (bicyclic) bond motifs is 1. The molecule has 1 saturated heterocycles. The number of carbonyl (C=O) groups excluding carboxylic acids is 1. The molecule has 2 aliphatic rings. The first kappa shape index (κ1) is 15.8. The molecular formula is C16H22N8O. The minimum atomic E-state index is 0.0896. The maximum absolute atomic E-state index is 11.9. The van der Waals surface area contributed by atoms with Gasteiger partial charge in [0.1, 0.15) is 29.6 Å². The van der Waals surface area contributed by atoms with Crippen molar-refractivity contribution < 1.29 is 4.79 Å². The molecule has 2 aromatic heterocycles. The number of nitrogens with zero attached hydrogens (tertiary/aromatic N) is 7. The highest BCUT2D eigenvalue weighted by molar-refractivity contribution is 5.82. The molecule has 0 bridgehead atoms. The van der Waals surface area contributed by atoms with Gasteiger partial charge in [-0.15, -0.1) is 0 Å². The first-order chi connectivity index (χ1) is 12.1. The molecule has 25 heavy (non-hydrogen) atoms. The van der Waals surface area contributed by atoms with E-state index in [4.69, 9.17) is 0 Å². The number of likely N-dealkylation sites (N-methyl/N-ethyl adjacent to an activating group) is 1. The summed E-state index contributed by atoms with van der Waals surface area (Å²) in [5, 5.41) is 7.89. The summed E-state index contributed by atoms with van der Waals surface area (Å²) >= 11 is 0. The lowest BCUT2D eigenvalue weighted by Gasteiger charge is -2.32. The Bertz CT molecular complexity index is 788.